The molecule has 2 aromatic rings. The number of rotatable bonds is 5. The zero-order chi connectivity index (χ0) is 13.0. The maximum Gasteiger partial charge on any atom is 0.128 e. The van der Waals surface area contributed by atoms with Gasteiger partial charge in [-0.15, -0.1) is 0 Å². The van der Waals surface area contributed by atoms with Gasteiger partial charge in [0.05, 0.1) is 6.26 Å². The second kappa shape index (κ2) is 5.67. The van der Waals surface area contributed by atoms with Gasteiger partial charge in [0.15, 0.2) is 0 Å². The van der Waals surface area contributed by atoms with Gasteiger partial charge in [-0.05, 0) is 37.6 Å². The van der Waals surface area contributed by atoms with E-state index in [4.69, 9.17) is 4.42 Å². The van der Waals surface area contributed by atoms with Crippen LogP contribution >= 0.6 is 0 Å². The zero-order valence-electron chi connectivity index (χ0n) is 10.1. The standard InChI is InChI=1S/C14H15F2NO/c1-10(4-5-14-3-2-6-18-14)17-13-8-11(15)7-12(16)9-13/h2-3,6-10,17H,4-5H2,1H3. The van der Waals surface area contributed by atoms with E-state index in [9.17, 15) is 8.78 Å². The number of hydrogen-bond donors (Lipinski definition) is 1. The molecule has 0 radical (unpaired) electrons. The second-order valence-corrected chi connectivity index (χ2v) is 4.32. The summed E-state index contributed by atoms with van der Waals surface area (Å²) in [6, 6.07) is 7.29. The largest absolute Gasteiger partial charge is 0.469 e. The fourth-order valence-corrected chi connectivity index (χ4v) is 1.81. The smallest absolute Gasteiger partial charge is 0.128 e. The van der Waals surface area contributed by atoms with Crippen molar-refractivity contribution in [2.45, 2.75) is 25.8 Å². The maximum atomic E-state index is 13.0. The normalized spacial score (nSPS) is 12.4. The average molecular weight is 251 g/mol. The molecule has 4 heteroatoms. The third-order valence-corrected chi connectivity index (χ3v) is 2.68. The summed E-state index contributed by atoms with van der Waals surface area (Å²) in [4.78, 5) is 0. The monoisotopic (exact) mass is 251 g/mol. The van der Waals surface area contributed by atoms with Crippen molar-refractivity contribution in [3.63, 3.8) is 0 Å². The Kier molecular flexibility index (Phi) is 3.97. The van der Waals surface area contributed by atoms with E-state index in [0.717, 1.165) is 24.7 Å². The Hall–Kier alpha value is -1.84. The number of nitrogens with one attached hydrogen (secondary N) is 1. The Bertz CT molecular complexity index is 476. The van der Waals surface area contributed by atoms with Gasteiger partial charge in [-0.25, -0.2) is 8.78 Å². The molecular formula is C14H15F2NO. The van der Waals surface area contributed by atoms with Crippen LogP contribution in [-0.2, 0) is 6.42 Å². The summed E-state index contributed by atoms with van der Waals surface area (Å²) in [5.74, 6) is -0.236. The van der Waals surface area contributed by atoms with Crippen LogP contribution in [-0.4, -0.2) is 6.04 Å². The highest BCUT2D eigenvalue weighted by atomic mass is 19.1. The maximum absolute atomic E-state index is 13.0. The molecule has 1 unspecified atom stereocenters. The number of aryl methyl sites for hydroxylation is 1. The van der Waals surface area contributed by atoms with Gasteiger partial charge in [-0.1, -0.05) is 0 Å². The molecular weight excluding hydrogens is 236 g/mol. The number of hydrogen-bond acceptors (Lipinski definition) is 2. The summed E-state index contributed by atoms with van der Waals surface area (Å²) < 4.78 is 31.2. The van der Waals surface area contributed by atoms with E-state index in [1.165, 1.54) is 12.1 Å². The van der Waals surface area contributed by atoms with E-state index in [-0.39, 0.29) is 6.04 Å². The first-order chi connectivity index (χ1) is 8.63. The molecule has 0 aliphatic carbocycles. The minimum atomic E-state index is -0.573. The molecule has 96 valence electrons. The number of anilines is 1. The molecule has 1 heterocycles. The van der Waals surface area contributed by atoms with Gasteiger partial charge in [0.2, 0.25) is 0 Å². The van der Waals surface area contributed by atoms with Gasteiger partial charge in [0.1, 0.15) is 17.4 Å². The summed E-state index contributed by atoms with van der Waals surface area (Å²) in [6.07, 6.45) is 3.25. The van der Waals surface area contributed by atoms with Gasteiger partial charge in [-0.2, -0.15) is 0 Å². The van der Waals surface area contributed by atoms with E-state index in [2.05, 4.69) is 5.32 Å². The molecule has 0 saturated carbocycles. The minimum Gasteiger partial charge on any atom is -0.469 e. The summed E-state index contributed by atoms with van der Waals surface area (Å²) >= 11 is 0. The summed E-state index contributed by atoms with van der Waals surface area (Å²) in [5.41, 5.74) is 0.458. The Morgan fingerprint density at radius 2 is 1.94 bits per heavy atom. The van der Waals surface area contributed by atoms with Crippen LogP contribution in [0.2, 0.25) is 0 Å². The fraction of sp³-hybridized carbons (Fsp3) is 0.286. The van der Waals surface area contributed by atoms with Gasteiger partial charge in [0, 0.05) is 24.2 Å². The quantitative estimate of drug-likeness (QED) is 0.869. The molecule has 2 rings (SSSR count). The van der Waals surface area contributed by atoms with Crippen LogP contribution in [0.3, 0.4) is 0 Å². The van der Waals surface area contributed by atoms with Crippen LogP contribution in [0.5, 0.6) is 0 Å². The SMILES string of the molecule is CC(CCc1ccco1)Nc1cc(F)cc(F)c1. The lowest BCUT2D eigenvalue weighted by Crippen LogP contribution is -2.16. The molecule has 2 nitrogen and oxygen atoms in total. The van der Waals surface area contributed by atoms with E-state index in [0.29, 0.717) is 5.69 Å². The molecule has 0 aliphatic rings. The van der Waals surface area contributed by atoms with Crippen molar-refractivity contribution in [3.05, 3.63) is 54.0 Å². The first kappa shape index (κ1) is 12.6. The van der Waals surface area contributed by atoms with Crippen LogP contribution in [0.15, 0.2) is 41.0 Å². The molecule has 1 atom stereocenters. The van der Waals surface area contributed by atoms with Crippen LogP contribution < -0.4 is 5.32 Å². The minimum absolute atomic E-state index is 0.108. The molecule has 18 heavy (non-hydrogen) atoms. The predicted molar refractivity (Wildman–Crippen MR) is 66.5 cm³/mol. The summed E-state index contributed by atoms with van der Waals surface area (Å²) in [7, 11) is 0. The Labute approximate surface area is 105 Å². The van der Waals surface area contributed by atoms with Gasteiger partial charge in [-0.3, -0.25) is 0 Å². The van der Waals surface area contributed by atoms with Crippen LogP contribution in [0, 0.1) is 11.6 Å². The second-order valence-electron chi connectivity index (χ2n) is 4.32. The van der Waals surface area contributed by atoms with Gasteiger partial charge < -0.3 is 9.73 Å². The third-order valence-electron chi connectivity index (χ3n) is 2.68. The predicted octanol–water partition coefficient (Wildman–Crippen LogP) is 3.99. The van der Waals surface area contributed by atoms with Gasteiger partial charge in [0.25, 0.3) is 0 Å². The Morgan fingerprint density at radius 1 is 1.22 bits per heavy atom. The van der Waals surface area contributed by atoms with Gasteiger partial charge >= 0.3 is 0 Å². The van der Waals surface area contributed by atoms with E-state index in [1.807, 2.05) is 19.1 Å². The number of furan rings is 1. The van der Waals surface area contributed by atoms with Crippen LogP contribution in [0.4, 0.5) is 14.5 Å². The third kappa shape index (κ3) is 3.58. The van der Waals surface area contributed by atoms with Crippen LogP contribution in [0.1, 0.15) is 19.1 Å². The molecule has 1 N–H and O–H groups in total. The lowest BCUT2D eigenvalue weighted by atomic mass is 10.1. The van der Waals surface area contributed by atoms with Crippen molar-refractivity contribution in [2.24, 2.45) is 0 Å². The molecule has 0 fully saturated rings. The Morgan fingerprint density at radius 3 is 2.56 bits per heavy atom. The Balaban J connectivity index is 1.88. The summed E-state index contributed by atoms with van der Waals surface area (Å²) in [5, 5.41) is 3.06. The lowest BCUT2D eigenvalue weighted by Gasteiger charge is -2.14. The topological polar surface area (TPSA) is 25.2 Å². The molecule has 1 aromatic carbocycles. The lowest BCUT2D eigenvalue weighted by molar-refractivity contribution is 0.495. The summed E-state index contributed by atoms with van der Waals surface area (Å²) in [6.45, 7) is 1.96. The van der Waals surface area contributed by atoms with Crippen molar-refractivity contribution in [2.75, 3.05) is 5.32 Å². The zero-order valence-corrected chi connectivity index (χ0v) is 10.1. The van der Waals surface area contributed by atoms with Crippen LogP contribution in [0.25, 0.3) is 0 Å². The van der Waals surface area contributed by atoms with Crippen molar-refractivity contribution < 1.29 is 13.2 Å². The first-order valence-electron chi connectivity index (χ1n) is 5.88. The highest BCUT2D eigenvalue weighted by molar-refractivity contribution is 5.44. The van der Waals surface area contributed by atoms with Crippen molar-refractivity contribution in [3.8, 4) is 0 Å². The van der Waals surface area contributed by atoms with E-state index < -0.39 is 11.6 Å². The van der Waals surface area contributed by atoms with Crippen molar-refractivity contribution >= 4 is 5.69 Å². The van der Waals surface area contributed by atoms with Crippen molar-refractivity contribution in [1.82, 2.24) is 0 Å². The average Bonchev–Trinajstić information content (AvgIpc) is 2.77. The fourth-order valence-electron chi connectivity index (χ4n) is 1.81. The van der Waals surface area contributed by atoms with E-state index in [1.54, 1.807) is 6.26 Å². The molecule has 0 amide bonds. The molecule has 0 spiro atoms. The number of benzene rings is 1. The molecule has 0 saturated heterocycles. The highest BCUT2D eigenvalue weighted by Gasteiger charge is 2.06. The van der Waals surface area contributed by atoms with Crippen molar-refractivity contribution in [1.29, 1.82) is 0 Å². The van der Waals surface area contributed by atoms with E-state index >= 15 is 0 Å². The molecule has 1 aromatic heterocycles. The molecule has 0 aliphatic heterocycles. The molecule has 0 bridgehead atoms. The number of halogens is 2. The first-order valence-corrected chi connectivity index (χ1v) is 5.88. The highest BCUT2D eigenvalue weighted by Crippen LogP contribution is 2.15.